The first-order valence-electron chi connectivity index (χ1n) is 9.51. The molecule has 0 aromatic heterocycles. The fraction of sp³-hybridized carbons (Fsp3) is 0.800. The largest absolute Gasteiger partial charge is 0.462 e. The Bertz CT molecular complexity index is 628. The van der Waals surface area contributed by atoms with E-state index in [0.29, 0.717) is 18.4 Å². The first-order chi connectivity index (χ1) is 12.0. The highest BCUT2D eigenvalue weighted by Gasteiger charge is 2.70. The Morgan fingerprint density at radius 1 is 1.46 bits per heavy atom. The van der Waals surface area contributed by atoms with Crippen LogP contribution >= 0.6 is 0 Å². The van der Waals surface area contributed by atoms with Crippen molar-refractivity contribution in [2.45, 2.75) is 77.3 Å². The molecule has 0 unspecified atom stereocenters. The molecule has 0 aromatic rings. The lowest BCUT2D eigenvalue weighted by molar-refractivity contribution is -0.241. The molecule has 2 saturated carbocycles. The summed E-state index contributed by atoms with van der Waals surface area (Å²) in [6.45, 7) is 11.4. The summed E-state index contributed by atoms with van der Waals surface area (Å²) in [4.78, 5) is 24.6. The van der Waals surface area contributed by atoms with Crippen LogP contribution in [0.2, 0.25) is 0 Å². The number of aliphatic hydroxyl groups is 2. The highest BCUT2D eigenvalue weighted by atomic mass is 16.6. The Balaban J connectivity index is 1.99. The lowest BCUT2D eigenvalue weighted by atomic mass is 9.50. The van der Waals surface area contributed by atoms with E-state index in [0.717, 1.165) is 0 Å². The lowest BCUT2D eigenvalue weighted by Crippen LogP contribution is -2.70. The zero-order valence-electron chi connectivity index (χ0n) is 16.0. The van der Waals surface area contributed by atoms with Crippen molar-refractivity contribution in [1.82, 2.24) is 0 Å². The molecule has 6 nitrogen and oxygen atoms in total. The van der Waals surface area contributed by atoms with Crippen LogP contribution in [-0.4, -0.2) is 46.1 Å². The highest BCUT2D eigenvalue weighted by molar-refractivity contribution is 5.76. The van der Waals surface area contributed by atoms with Gasteiger partial charge in [-0.15, -0.1) is 0 Å². The summed E-state index contributed by atoms with van der Waals surface area (Å²) in [5.41, 5.74) is -1.93. The molecule has 0 aromatic carbocycles. The van der Waals surface area contributed by atoms with Crippen LogP contribution in [0.5, 0.6) is 0 Å². The minimum atomic E-state index is -1.52. The van der Waals surface area contributed by atoms with E-state index in [1.165, 1.54) is 0 Å². The monoisotopic (exact) mass is 366 g/mol. The second-order valence-electron chi connectivity index (χ2n) is 8.90. The summed E-state index contributed by atoms with van der Waals surface area (Å²) in [5, 5.41) is 22.3. The third kappa shape index (κ3) is 2.61. The number of ether oxygens (including phenoxy) is 2. The molecule has 0 amide bonds. The number of esters is 2. The number of aliphatic hydroxyl groups excluding tert-OH is 1. The van der Waals surface area contributed by atoms with Gasteiger partial charge in [0.25, 0.3) is 0 Å². The fourth-order valence-corrected chi connectivity index (χ4v) is 5.13. The topological polar surface area (TPSA) is 93.1 Å². The minimum Gasteiger partial charge on any atom is -0.462 e. The van der Waals surface area contributed by atoms with E-state index in [2.05, 4.69) is 6.58 Å². The van der Waals surface area contributed by atoms with Crippen LogP contribution in [0, 0.1) is 23.2 Å². The maximum Gasteiger partial charge on any atom is 0.309 e. The summed E-state index contributed by atoms with van der Waals surface area (Å²) < 4.78 is 11.3. The summed E-state index contributed by atoms with van der Waals surface area (Å²) in [7, 11) is 0. The van der Waals surface area contributed by atoms with Gasteiger partial charge in [0, 0.05) is 17.8 Å². The van der Waals surface area contributed by atoms with Crippen LogP contribution in [0.1, 0.15) is 53.4 Å². The van der Waals surface area contributed by atoms with Gasteiger partial charge in [-0.1, -0.05) is 34.3 Å². The number of hydrogen-bond donors (Lipinski definition) is 2. The van der Waals surface area contributed by atoms with Gasteiger partial charge in [-0.25, -0.2) is 0 Å². The average Bonchev–Trinajstić information content (AvgIpc) is 2.83. The maximum absolute atomic E-state index is 12.3. The van der Waals surface area contributed by atoms with Crippen molar-refractivity contribution in [1.29, 1.82) is 0 Å². The Morgan fingerprint density at radius 3 is 2.73 bits per heavy atom. The quantitative estimate of drug-likeness (QED) is 0.586. The summed E-state index contributed by atoms with van der Waals surface area (Å²) in [6.07, 6.45) is -0.726. The number of rotatable bonds is 3. The Labute approximate surface area is 154 Å². The second kappa shape index (κ2) is 6.34. The minimum absolute atomic E-state index is 0.160. The molecule has 2 N–H and O–H groups in total. The third-order valence-corrected chi connectivity index (χ3v) is 6.73. The molecule has 2 aliphatic carbocycles. The van der Waals surface area contributed by atoms with E-state index in [1.54, 1.807) is 13.8 Å². The molecule has 6 heteroatoms. The first-order valence-corrected chi connectivity index (χ1v) is 9.51. The van der Waals surface area contributed by atoms with Crippen LogP contribution in [0.25, 0.3) is 0 Å². The summed E-state index contributed by atoms with van der Waals surface area (Å²) in [5.74, 6) is -1.51. The Kier molecular flexibility index (Phi) is 4.72. The van der Waals surface area contributed by atoms with Gasteiger partial charge in [-0.3, -0.25) is 9.59 Å². The molecule has 3 fully saturated rings. The number of carbonyl (C=O) groups excluding carboxylic acids is 2. The van der Waals surface area contributed by atoms with Gasteiger partial charge >= 0.3 is 11.9 Å². The van der Waals surface area contributed by atoms with Gasteiger partial charge < -0.3 is 19.7 Å². The molecule has 0 radical (unpaired) electrons. The predicted octanol–water partition coefficient (Wildman–Crippen LogP) is 1.97. The van der Waals surface area contributed by atoms with E-state index in [9.17, 15) is 19.8 Å². The molecular weight excluding hydrogens is 336 g/mol. The summed E-state index contributed by atoms with van der Waals surface area (Å²) in [6, 6.07) is 0. The molecule has 26 heavy (non-hydrogen) atoms. The van der Waals surface area contributed by atoms with Crippen LogP contribution < -0.4 is 0 Å². The molecule has 0 spiro atoms. The molecule has 1 heterocycles. The molecule has 1 saturated heterocycles. The van der Waals surface area contributed by atoms with Crippen LogP contribution in [0.3, 0.4) is 0 Å². The molecule has 0 bridgehead atoms. The van der Waals surface area contributed by atoms with Crippen molar-refractivity contribution in [3.05, 3.63) is 12.2 Å². The van der Waals surface area contributed by atoms with Gasteiger partial charge in [0.05, 0.1) is 12.0 Å². The molecule has 7 atom stereocenters. The van der Waals surface area contributed by atoms with Crippen molar-refractivity contribution < 1.29 is 29.3 Å². The highest BCUT2D eigenvalue weighted by Crippen LogP contribution is 2.60. The van der Waals surface area contributed by atoms with Crippen molar-refractivity contribution in [3.8, 4) is 0 Å². The number of fused-ring (bicyclic) bond motifs is 3. The predicted molar refractivity (Wildman–Crippen MR) is 93.9 cm³/mol. The molecular formula is C20H30O6. The smallest absolute Gasteiger partial charge is 0.309 e. The van der Waals surface area contributed by atoms with E-state index in [4.69, 9.17) is 9.47 Å². The zero-order chi connectivity index (χ0) is 19.4. The van der Waals surface area contributed by atoms with E-state index in [1.807, 2.05) is 13.8 Å². The van der Waals surface area contributed by atoms with E-state index >= 15 is 0 Å². The van der Waals surface area contributed by atoms with E-state index < -0.39 is 47.1 Å². The molecule has 146 valence electrons. The molecule has 1 aliphatic heterocycles. The summed E-state index contributed by atoms with van der Waals surface area (Å²) >= 11 is 0. The average molecular weight is 366 g/mol. The van der Waals surface area contributed by atoms with Gasteiger partial charge in [0.15, 0.2) is 0 Å². The van der Waals surface area contributed by atoms with Crippen LogP contribution in [0.15, 0.2) is 12.2 Å². The molecule has 3 rings (SSSR count). The number of carbonyl (C=O) groups is 2. The fourth-order valence-electron chi connectivity index (χ4n) is 5.13. The first kappa shape index (κ1) is 19.4. The van der Waals surface area contributed by atoms with Gasteiger partial charge in [-0.2, -0.15) is 0 Å². The molecule has 3 aliphatic rings. The van der Waals surface area contributed by atoms with Crippen molar-refractivity contribution in [2.75, 3.05) is 0 Å². The van der Waals surface area contributed by atoms with Crippen molar-refractivity contribution in [3.63, 3.8) is 0 Å². The van der Waals surface area contributed by atoms with Crippen molar-refractivity contribution in [2.24, 2.45) is 23.2 Å². The van der Waals surface area contributed by atoms with Crippen molar-refractivity contribution >= 4 is 11.9 Å². The Hall–Kier alpha value is -1.40. The Morgan fingerprint density at radius 2 is 2.12 bits per heavy atom. The normalized spacial score (nSPS) is 45.1. The second-order valence-corrected chi connectivity index (χ2v) is 8.90. The number of hydrogen-bond acceptors (Lipinski definition) is 6. The van der Waals surface area contributed by atoms with E-state index in [-0.39, 0.29) is 24.7 Å². The lowest BCUT2D eigenvalue weighted by Gasteiger charge is -2.59. The van der Waals surface area contributed by atoms with Gasteiger partial charge in [0.1, 0.15) is 17.8 Å². The third-order valence-electron chi connectivity index (χ3n) is 6.73. The maximum atomic E-state index is 12.3. The standard InChI is InChI=1S/C20H30O6/c1-10(2)8-15(22)25-13-9-19(5)14(21)7-6-11(3)20(19,24)17-16(13)12(4)18(23)26-17/h10,12-14,16-17,21,24H,3,6-9H2,1-2,4-5H3/t12-,13-,14+,16+,17-,19-,20-/m0/s1. The zero-order valence-corrected chi connectivity index (χ0v) is 16.0. The van der Waals surface area contributed by atoms with Gasteiger partial charge in [0.2, 0.25) is 0 Å². The van der Waals surface area contributed by atoms with Crippen LogP contribution in [0.4, 0.5) is 0 Å². The van der Waals surface area contributed by atoms with Gasteiger partial charge in [-0.05, 0) is 30.8 Å². The SMILES string of the molecule is C=C1CC[C@@H](O)[C@]2(C)C[C@H](OC(=O)CC(C)C)[C@H]3[C@H](C)C(=O)O[C@@H]3[C@@]12O. The van der Waals surface area contributed by atoms with Crippen LogP contribution in [-0.2, 0) is 19.1 Å².